The Morgan fingerprint density at radius 1 is 1.20 bits per heavy atom. The van der Waals surface area contributed by atoms with Crippen molar-refractivity contribution in [1.82, 2.24) is 10.2 Å². The second kappa shape index (κ2) is 7.87. The number of nitrogens with one attached hydrogen (secondary N) is 1. The molecule has 1 aromatic carbocycles. The van der Waals surface area contributed by atoms with E-state index in [0.717, 1.165) is 5.56 Å². The van der Waals surface area contributed by atoms with Crippen molar-refractivity contribution in [2.75, 3.05) is 19.6 Å². The highest BCUT2D eigenvalue weighted by atomic mass is 16.6. The van der Waals surface area contributed by atoms with Gasteiger partial charge in [-0.05, 0) is 39.2 Å². The predicted octanol–water partition coefficient (Wildman–Crippen LogP) is 2.88. The Hall–Kier alpha value is -2.08. The minimum absolute atomic E-state index is 0.372. The Kier molecular flexibility index (Phi) is 6.06. The lowest BCUT2D eigenvalue weighted by Gasteiger charge is -2.39. The molecule has 0 unspecified atom stereocenters. The Morgan fingerprint density at radius 2 is 1.80 bits per heavy atom. The van der Waals surface area contributed by atoms with Crippen LogP contribution in [0, 0.1) is 5.41 Å². The number of likely N-dealkylation sites (tertiary alicyclic amines) is 1. The maximum atomic E-state index is 12.1. The summed E-state index contributed by atoms with van der Waals surface area (Å²) >= 11 is 0. The van der Waals surface area contributed by atoms with Crippen LogP contribution in [0.4, 0.5) is 4.79 Å². The number of carboxylic acids is 1. The molecular weight excluding hydrogens is 320 g/mol. The lowest BCUT2D eigenvalue weighted by Crippen LogP contribution is -2.51. The summed E-state index contributed by atoms with van der Waals surface area (Å²) in [5, 5.41) is 13.0. The molecule has 0 aromatic heterocycles. The van der Waals surface area contributed by atoms with Gasteiger partial charge >= 0.3 is 12.1 Å². The lowest BCUT2D eigenvalue weighted by atomic mass is 9.78. The molecule has 2 N–H and O–H groups in total. The first-order valence-corrected chi connectivity index (χ1v) is 8.68. The normalized spacial score (nSPS) is 17.2. The van der Waals surface area contributed by atoms with E-state index < -0.39 is 17.0 Å². The van der Waals surface area contributed by atoms with Crippen molar-refractivity contribution in [3.05, 3.63) is 35.9 Å². The summed E-state index contributed by atoms with van der Waals surface area (Å²) in [6.45, 7) is 7.28. The Bertz CT molecular complexity index is 587. The summed E-state index contributed by atoms with van der Waals surface area (Å²) < 4.78 is 5.37. The van der Waals surface area contributed by atoms with Crippen LogP contribution < -0.4 is 5.32 Å². The number of amides is 1. The van der Waals surface area contributed by atoms with E-state index in [4.69, 9.17) is 4.74 Å². The van der Waals surface area contributed by atoms with E-state index >= 15 is 0 Å². The quantitative estimate of drug-likeness (QED) is 0.855. The van der Waals surface area contributed by atoms with Crippen LogP contribution in [0.15, 0.2) is 30.3 Å². The van der Waals surface area contributed by atoms with Gasteiger partial charge in [0.2, 0.25) is 0 Å². The number of rotatable bonds is 5. The number of carboxylic acid groups (broad SMARTS) is 1. The van der Waals surface area contributed by atoms with Crippen LogP contribution in [-0.2, 0) is 16.1 Å². The van der Waals surface area contributed by atoms with Gasteiger partial charge in [-0.2, -0.15) is 0 Å². The molecule has 1 saturated heterocycles. The van der Waals surface area contributed by atoms with Crippen LogP contribution in [0.25, 0.3) is 0 Å². The molecule has 1 aliphatic heterocycles. The molecule has 138 valence electrons. The van der Waals surface area contributed by atoms with Crippen molar-refractivity contribution in [2.24, 2.45) is 5.41 Å². The number of carbonyl (C=O) groups excluding carboxylic acids is 1. The van der Waals surface area contributed by atoms with Crippen molar-refractivity contribution >= 4 is 12.1 Å². The first-order chi connectivity index (χ1) is 11.7. The summed E-state index contributed by atoms with van der Waals surface area (Å²) in [4.78, 5) is 25.6. The monoisotopic (exact) mass is 348 g/mol. The number of hydrogen-bond acceptors (Lipinski definition) is 4. The molecule has 2 rings (SSSR count). The Morgan fingerprint density at radius 3 is 2.32 bits per heavy atom. The standard InChI is InChI=1S/C19H28N2O4/c1-18(2,3)25-17(24)21-11-9-19(10-12-21,16(22)23)14-20-13-15-7-5-4-6-8-15/h4-8,20H,9-14H2,1-3H3,(H,22,23). The summed E-state index contributed by atoms with van der Waals surface area (Å²) in [5.41, 5.74) is -0.266. The molecule has 1 amide bonds. The smallest absolute Gasteiger partial charge is 0.410 e. The number of nitrogens with zero attached hydrogens (tertiary/aromatic N) is 1. The Balaban J connectivity index is 1.89. The third-order valence-electron chi connectivity index (χ3n) is 4.46. The fourth-order valence-electron chi connectivity index (χ4n) is 2.95. The van der Waals surface area contributed by atoms with Crippen molar-refractivity contribution in [3.63, 3.8) is 0 Å². The van der Waals surface area contributed by atoms with Crippen molar-refractivity contribution in [3.8, 4) is 0 Å². The zero-order valence-corrected chi connectivity index (χ0v) is 15.2. The van der Waals surface area contributed by atoms with Crippen molar-refractivity contribution in [1.29, 1.82) is 0 Å². The van der Waals surface area contributed by atoms with Gasteiger partial charge in [-0.25, -0.2) is 4.79 Å². The number of piperidine rings is 1. The highest BCUT2D eigenvalue weighted by molar-refractivity contribution is 5.76. The molecule has 25 heavy (non-hydrogen) atoms. The van der Waals surface area contributed by atoms with Crippen LogP contribution in [0.2, 0.25) is 0 Å². The molecule has 6 nitrogen and oxygen atoms in total. The van der Waals surface area contributed by atoms with Crippen LogP contribution in [0.3, 0.4) is 0 Å². The first kappa shape index (κ1) is 19.2. The zero-order chi connectivity index (χ0) is 18.5. The maximum Gasteiger partial charge on any atom is 0.410 e. The van der Waals surface area contributed by atoms with E-state index in [1.165, 1.54) is 0 Å². The van der Waals surface area contributed by atoms with Gasteiger partial charge in [0, 0.05) is 26.2 Å². The van der Waals surface area contributed by atoms with E-state index in [2.05, 4.69) is 5.32 Å². The molecule has 0 saturated carbocycles. The van der Waals surface area contributed by atoms with Gasteiger partial charge in [0.15, 0.2) is 0 Å². The minimum Gasteiger partial charge on any atom is -0.481 e. The summed E-state index contributed by atoms with van der Waals surface area (Å²) in [6, 6.07) is 9.89. The summed E-state index contributed by atoms with van der Waals surface area (Å²) in [6.07, 6.45) is 0.468. The molecule has 6 heteroatoms. The first-order valence-electron chi connectivity index (χ1n) is 8.68. The van der Waals surface area contributed by atoms with E-state index in [9.17, 15) is 14.7 Å². The van der Waals surface area contributed by atoms with Crippen LogP contribution >= 0.6 is 0 Å². The molecule has 1 aromatic rings. The van der Waals surface area contributed by atoms with Gasteiger partial charge in [-0.15, -0.1) is 0 Å². The topological polar surface area (TPSA) is 78.9 Å². The van der Waals surface area contributed by atoms with E-state index in [1.54, 1.807) is 4.90 Å². The number of carbonyl (C=O) groups is 2. The zero-order valence-electron chi connectivity index (χ0n) is 15.2. The van der Waals surface area contributed by atoms with Crippen molar-refractivity contribution in [2.45, 2.75) is 45.8 Å². The lowest BCUT2D eigenvalue weighted by molar-refractivity contribution is -0.151. The summed E-state index contributed by atoms with van der Waals surface area (Å²) in [5.74, 6) is -0.808. The molecule has 1 aliphatic rings. The highest BCUT2D eigenvalue weighted by Crippen LogP contribution is 2.32. The number of ether oxygens (including phenoxy) is 1. The molecule has 0 atom stereocenters. The van der Waals surface area contributed by atoms with E-state index in [-0.39, 0.29) is 6.09 Å². The van der Waals surface area contributed by atoms with Crippen molar-refractivity contribution < 1.29 is 19.4 Å². The van der Waals surface area contributed by atoms with Gasteiger partial charge in [0.1, 0.15) is 5.60 Å². The molecule has 0 aliphatic carbocycles. The Labute approximate surface area is 149 Å². The van der Waals surface area contributed by atoms with Crippen LogP contribution in [0.1, 0.15) is 39.2 Å². The fraction of sp³-hybridized carbons (Fsp3) is 0.579. The maximum absolute atomic E-state index is 12.1. The van der Waals surface area contributed by atoms with E-state index in [0.29, 0.717) is 39.0 Å². The largest absolute Gasteiger partial charge is 0.481 e. The molecular formula is C19H28N2O4. The average Bonchev–Trinajstić information content (AvgIpc) is 2.54. The third-order valence-corrected chi connectivity index (χ3v) is 4.46. The molecule has 0 bridgehead atoms. The van der Waals surface area contributed by atoms with Gasteiger partial charge < -0.3 is 20.1 Å². The van der Waals surface area contributed by atoms with E-state index in [1.807, 2.05) is 51.1 Å². The number of hydrogen-bond donors (Lipinski definition) is 2. The van der Waals surface area contributed by atoms with Gasteiger partial charge in [-0.3, -0.25) is 4.79 Å². The van der Waals surface area contributed by atoms with Gasteiger partial charge in [0.25, 0.3) is 0 Å². The van der Waals surface area contributed by atoms with Gasteiger partial charge in [0.05, 0.1) is 5.41 Å². The fourth-order valence-corrected chi connectivity index (χ4v) is 2.95. The summed E-state index contributed by atoms with van der Waals surface area (Å²) in [7, 11) is 0. The second-order valence-electron chi connectivity index (χ2n) is 7.64. The van der Waals surface area contributed by atoms with Crippen LogP contribution in [-0.4, -0.2) is 47.3 Å². The molecule has 1 fully saturated rings. The SMILES string of the molecule is CC(C)(C)OC(=O)N1CCC(CNCc2ccccc2)(C(=O)O)CC1. The molecule has 0 radical (unpaired) electrons. The van der Waals surface area contributed by atoms with Gasteiger partial charge in [-0.1, -0.05) is 30.3 Å². The highest BCUT2D eigenvalue weighted by Gasteiger charge is 2.42. The molecule has 1 heterocycles. The number of benzene rings is 1. The minimum atomic E-state index is -0.840. The average molecular weight is 348 g/mol. The predicted molar refractivity (Wildman–Crippen MR) is 95.3 cm³/mol. The molecule has 0 spiro atoms. The third kappa shape index (κ3) is 5.46. The van der Waals surface area contributed by atoms with Crippen LogP contribution in [0.5, 0.6) is 0 Å². The second-order valence-corrected chi connectivity index (χ2v) is 7.64. The number of aliphatic carboxylic acids is 1.